The Morgan fingerprint density at radius 3 is 2.78 bits per heavy atom. The van der Waals surface area contributed by atoms with Crippen LogP contribution in [0.15, 0.2) is 53.3 Å². The van der Waals surface area contributed by atoms with Crippen molar-refractivity contribution < 1.29 is 4.74 Å². The summed E-state index contributed by atoms with van der Waals surface area (Å²) in [5.74, 6) is 1.22. The Morgan fingerprint density at radius 1 is 1.00 bits per heavy atom. The van der Waals surface area contributed by atoms with Gasteiger partial charge >= 0.3 is 0 Å². The maximum atomic E-state index is 5.66. The molecule has 0 unspecified atom stereocenters. The van der Waals surface area contributed by atoms with Gasteiger partial charge in [0.15, 0.2) is 5.65 Å². The Labute approximate surface area is 112 Å². The Hall–Kier alpha value is -2.01. The molecule has 4 nitrogen and oxygen atoms in total. The van der Waals surface area contributed by atoms with E-state index >= 15 is 0 Å². The molecule has 3 aromatic rings. The molecule has 2 aromatic heterocycles. The van der Waals surface area contributed by atoms with Gasteiger partial charge in [-0.05, 0) is 24.3 Å². The average Bonchev–Trinajstić information content (AvgIpc) is 2.39. The first-order valence-electron chi connectivity index (χ1n) is 5.32. The summed E-state index contributed by atoms with van der Waals surface area (Å²) in [5.41, 5.74) is 1.32. The van der Waals surface area contributed by atoms with Gasteiger partial charge in [-0.15, -0.1) is 0 Å². The number of rotatable bonds is 2. The number of pyridine rings is 1. The predicted molar refractivity (Wildman–Crippen MR) is 71.5 cm³/mol. The van der Waals surface area contributed by atoms with E-state index in [1.165, 1.54) is 0 Å². The van der Waals surface area contributed by atoms with Crippen molar-refractivity contribution in [1.29, 1.82) is 0 Å². The molecule has 0 aliphatic heterocycles. The molecule has 0 N–H and O–H groups in total. The molecular formula is C13H8BrN3O. The Morgan fingerprint density at radius 2 is 1.89 bits per heavy atom. The Bertz CT molecular complexity index is 702. The highest BCUT2D eigenvalue weighted by molar-refractivity contribution is 9.10. The van der Waals surface area contributed by atoms with Crippen LogP contribution in [0.2, 0.25) is 0 Å². The molecule has 1 aromatic carbocycles. The molecule has 0 fully saturated rings. The van der Waals surface area contributed by atoms with Gasteiger partial charge in [0.25, 0.3) is 0 Å². The number of fused-ring (bicyclic) bond motifs is 1. The summed E-state index contributed by atoms with van der Waals surface area (Å²) >= 11 is 3.39. The lowest BCUT2D eigenvalue weighted by molar-refractivity contribution is 0.464. The van der Waals surface area contributed by atoms with E-state index in [1.54, 1.807) is 18.5 Å². The smallest absolute Gasteiger partial charge is 0.221 e. The monoisotopic (exact) mass is 301 g/mol. The molecule has 0 aliphatic carbocycles. The fourth-order valence-electron chi connectivity index (χ4n) is 1.55. The third-order valence-electron chi connectivity index (χ3n) is 2.32. The van der Waals surface area contributed by atoms with Gasteiger partial charge in [-0.3, -0.25) is 4.98 Å². The fourth-order valence-corrected chi connectivity index (χ4v) is 1.92. The van der Waals surface area contributed by atoms with E-state index in [1.807, 2.05) is 30.3 Å². The Kier molecular flexibility index (Phi) is 2.90. The molecule has 0 saturated carbocycles. The number of benzene rings is 1. The van der Waals surface area contributed by atoms with E-state index in [-0.39, 0.29) is 0 Å². The molecule has 18 heavy (non-hydrogen) atoms. The van der Waals surface area contributed by atoms with Crippen LogP contribution in [0.1, 0.15) is 0 Å². The first-order chi connectivity index (χ1) is 8.81. The average molecular weight is 302 g/mol. The largest absolute Gasteiger partial charge is 0.439 e. The minimum Gasteiger partial charge on any atom is -0.439 e. The summed E-state index contributed by atoms with van der Waals surface area (Å²) in [5, 5.41) is 0. The lowest BCUT2D eigenvalue weighted by atomic mass is 10.3. The molecule has 0 spiro atoms. The van der Waals surface area contributed by atoms with Gasteiger partial charge in [0, 0.05) is 22.9 Å². The van der Waals surface area contributed by atoms with Gasteiger partial charge in [-0.2, -0.15) is 4.98 Å². The zero-order chi connectivity index (χ0) is 12.4. The fraction of sp³-hybridized carbons (Fsp3) is 0. The third kappa shape index (κ3) is 2.31. The maximum absolute atomic E-state index is 5.66. The number of ether oxygens (including phenoxy) is 1. The summed E-state index contributed by atoms with van der Waals surface area (Å²) in [7, 11) is 0. The molecule has 0 aliphatic rings. The second-order valence-corrected chi connectivity index (χ2v) is 4.52. The number of nitrogens with zero attached hydrogens (tertiary/aromatic N) is 3. The molecular weight excluding hydrogens is 294 g/mol. The van der Waals surface area contributed by atoms with Crippen LogP contribution >= 0.6 is 15.9 Å². The molecule has 0 atom stereocenters. The molecule has 2 heterocycles. The number of hydrogen-bond acceptors (Lipinski definition) is 4. The predicted octanol–water partition coefficient (Wildman–Crippen LogP) is 3.58. The van der Waals surface area contributed by atoms with Crippen LogP contribution < -0.4 is 4.74 Å². The minimum absolute atomic E-state index is 0.501. The number of halogens is 1. The molecule has 0 amide bonds. The maximum Gasteiger partial charge on any atom is 0.221 e. The lowest BCUT2D eigenvalue weighted by Gasteiger charge is -2.05. The van der Waals surface area contributed by atoms with Crippen molar-refractivity contribution in [1.82, 2.24) is 15.0 Å². The number of hydrogen-bond donors (Lipinski definition) is 0. The van der Waals surface area contributed by atoms with Crippen molar-refractivity contribution in [3.8, 4) is 11.6 Å². The molecule has 3 rings (SSSR count). The first kappa shape index (κ1) is 11.1. The second-order valence-electron chi connectivity index (χ2n) is 3.61. The standard InChI is InChI=1S/C13H8BrN3O/c14-9-2-1-3-10(8-9)18-12-5-4-11-13(17-12)16-7-6-15-11/h1-8H. The van der Waals surface area contributed by atoms with Gasteiger partial charge in [0.1, 0.15) is 11.3 Å². The van der Waals surface area contributed by atoms with Crippen LogP contribution in [0.5, 0.6) is 11.6 Å². The van der Waals surface area contributed by atoms with Crippen LogP contribution in [0, 0.1) is 0 Å². The van der Waals surface area contributed by atoms with Crippen molar-refractivity contribution in [2.75, 3.05) is 0 Å². The van der Waals surface area contributed by atoms with Crippen LogP contribution in [0.4, 0.5) is 0 Å². The Balaban J connectivity index is 1.95. The minimum atomic E-state index is 0.501. The van der Waals surface area contributed by atoms with Gasteiger partial charge in [-0.1, -0.05) is 22.0 Å². The van der Waals surface area contributed by atoms with Gasteiger partial charge in [0.2, 0.25) is 5.88 Å². The van der Waals surface area contributed by atoms with E-state index in [0.717, 1.165) is 15.7 Å². The summed E-state index contributed by atoms with van der Waals surface area (Å²) in [4.78, 5) is 12.6. The molecule has 88 valence electrons. The highest BCUT2D eigenvalue weighted by Crippen LogP contribution is 2.23. The van der Waals surface area contributed by atoms with Crippen LogP contribution in [0.3, 0.4) is 0 Å². The summed E-state index contributed by atoms with van der Waals surface area (Å²) < 4.78 is 6.62. The van der Waals surface area contributed by atoms with Gasteiger partial charge in [0.05, 0.1) is 0 Å². The van der Waals surface area contributed by atoms with Crippen molar-refractivity contribution in [2.24, 2.45) is 0 Å². The van der Waals surface area contributed by atoms with Crippen LogP contribution in [0.25, 0.3) is 11.2 Å². The summed E-state index contributed by atoms with van der Waals surface area (Å²) in [6.45, 7) is 0. The quantitative estimate of drug-likeness (QED) is 0.726. The zero-order valence-electron chi connectivity index (χ0n) is 9.25. The first-order valence-corrected chi connectivity index (χ1v) is 6.12. The summed E-state index contributed by atoms with van der Waals surface area (Å²) in [6.07, 6.45) is 3.25. The van der Waals surface area contributed by atoms with Crippen molar-refractivity contribution >= 4 is 27.1 Å². The third-order valence-corrected chi connectivity index (χ3v) is 2.82. The number of aromatic nitrogens is 3. The highest BCUT2D eigenvalue weighted by atomic mass is 79.9. The lowest BCUT2D eigenvalue weighted by Crippen LogP contribution is -1.91. The normalized spacial score (nSPS) is 10.5. The SMILES string of the molecule is Brc1cccc(Oc2ccc3nccnc3n2)c1. The van der Waals surface area contributed by atoms with Crippen molar-refractivity contribution in [3.05, 3.63) is 53.3 Å². The van der Waals surface area contributed by atoms with Crippen molar-refractivity contribution in [2.45, 2.75) is 0 Å². The highest BCUT2D eigenvalue weighted by Gasteiger charge is 2.02. The van der Waals surface area contributed by atoms with Crippen LogP contribution in [-0.2, 0) is 0 Å². The molecule has 0 saturated heterocycles. The van der Waals surface area contributed by atoms with Gasteiger partial charge < -0.3 is 4.74 Å². The molecule has 5 heteroatoms. The molecule has 0 radical (unpaired) electrons. The topological polar surface area (TPSA) is 47.9 Å². The zero-order valence-corrected chi connectivity index (χ0v) is 10.8. The molecule has 0 bridgehead atoms. The van der Waals surface area contributed by atoms with Crippen LogP contribution in [-0.4, -0.2) is 15.0 Å². The second kappa shape index (κ2) is 4.70. The van der Waals surface area contributed by atoms with E-state index < -0.39 is 0 Å². The van der Waals surface area contributed by atoms with E-state index in [9.17, 15) is 0 Å². The van der Waals surface area contributed by atoms with E-state index in [4.69, 9.17) is 4.74 Å². The van der Waals surface area contributed by atoms with Crippen molar-refractivity contribution in [3.63, 3.8) is 0 Å². The van der Waals surface area contributed by atoms with E-state index in [0.29, 0.717) is 11.5 Å². The van der Waals surface area contributed by atoms with Gasteiger partial charge in [-0.25, -0.2) is 4.98 Å². The summed E-state index contributed by atoms with van der Waals surface area (Å²) in [6, 6.07) is 11.2. The van der Waals surface area contributed by atoms with E-state index in [2.05, 4.69) is 30.9 Å².